The maximum Gasteiger partial charge on any atom is 0.414 e. The van der Waals surface area contributed by atoms with Gasteiger partial charge in [-0.3, -0.25) is 15.0 Å². The molecule has 4 aromatic carbocycles. The highest BCUT2D eigenvalue weighted by atomic mass is 32.1. The van der Waals surface area contributed by atoms with Crippen LogP contribution >= 0.6 is 11.3 Å². The molecule has 1 aromatic heterocycles. The molecule has 0 atom stereocenters. The summed E-state index contributed by atoms with van der Waals surface area (Å²) in [6, 6.07) is 30.2. The van der Waals surface area contributed by atoms with E-state index in [9.17, 15) is 14.4 Å². The lowest BCUT2D eigenvalue weighted by Gasteiger charge is -2.23. The second-order valence-corrected chi connectivity index (χ2v) is 13.2. The molecule has 250 valence electrons. The molecule has 1 heterocycles. The zero-order chi connectivity index (χ0) is 34.5. The van der Waals surface area contributed by atoms with E-state index >= 15 is 0 Å². The monoisotopic (exact) mass is 676 g/mol. The van der Waals surface area contributed by atoms with Gasteiger partial charge in [-0.1, -0.05) is 60.7 Å². The predicted octanol–water partition coefficient (Wildman–Crippen LogP) is 8.56. The molecule has 0 saturated carbocycles. The molecule has 0 aliphatic heterocycles. The van der Waals surface area contributed by atoms with Crippen molar-refractivity contribution >= 4 is 45.9 Å². The third-order valence-corrected chi connectivity index (χ3v) is 8.58. The largest absolute Gasteiger partial charge is 0.497 e. The van der Waals surface area contributed by atoms with Crippen molar-refractivity contribution in [3.8, 4) is 28.1 Å². The van der Waals surface area contributed by atoms with E-state index in [4.69, 9.17) is 14.2 Å². The van der Waals surface area contributed by atoms with E-state index in [1.54, 1.807) is 64.3 Å². The van der Waals surface area contributed by atoms with Gasteiger partial charge in [-0.25, -0.2) is 14.6 Å². The molecule has 0 unspecified atom stereocenters. The highest BCUT2D eigenvalue weighted by Gasteiger charge is 2.30. The molecule has 3 amide bonds. The molecule has 5 aromatic rings. The molecule has 10 nitrogen and oxygen atoms in total. The van der Waals surface area contributed by atoms with E-state index in [1.165, 1.54) is 16.2 Å². The Morgan fingerprint density at radius 1 is 0.837 bits per heavy atom. The van der Waals surface area contributed by atoms with Crippen LogP contribution < -0.4 is 20.3 Å². The van der Waals surface area contributed by atoms with Crippen molar-refractivity contribution in [3.05, 3.63) is 114 Å². The van der Waals surface area contributed by atoms with Gasteiger partial charge in [-0.2, -0.15) is 0 Å². The molecule has 0 bridgehead atoms. The highest BCUT2D eigenvalue weighted by molar-refractivity contribution is 7.14. The Morgan fingerprint density at radius 2 is 1.47 bits per heavy atom. The van der Waals surface area contributed by atoms with Crippen molar-refractivity contribution < 1.29 is 28.6 Å². The minimum absolute atomic E-state index is 0.119. The molecule has 0 radical (unpaired) electrons. The SMILES string of the molecule is COc1ccc(N(CC(=O)Nc2ccc(-c3csc(NC(=O)OC(C)(C)C)n3)cc2)C(=O)OCC2c3ccccc3-c3ccccc32)cc1. The number of ether oxygens (including phenoxy) is 3. The summed E-state index contributed by atoms with van der Waals surface area (Å²) in [7, 11) is 1.56. The van der Waals surface area contributed by atoms with Gasteiger partial charge >= 0.3 is 12.2 Å². The first kappa shape index (κ1) is 33.2. The number of fused-ring (bicyclic) bond motifs is 3. The van der Waals surface area contributed by atoms with E-state index in [-0.39, 0.29) is 19.1 Å². The topological polar surface area (TPSA) is 119 Å². The number of nitrogens with one attached hydrogen (secondary N) is 2. The smallest absolute Gasteiger partial charge is 0.414 e. The number of carbonyl (C=O) groups excluding carboxylic acids is 3. The summed E-state index contributed by atoms with van der Waals surface area (Å²) in [6.45, 7) is 5.21. The number of anilines is 3. The van der Waals surface area contributed by atoms with Gasteiger partial charge in [-0.15, -0.1) is 11.3 Å². The number of hydrogen-bond acceptors (Lipinski definition) is 8. The third kappa shape index (κ3) is 7.90. The number of benzene rings is 4. The van der Waals surface area contributed by atoms with Crippen LogP contribution in [0, 0.1) is 0 Å². The zero-order valence-corrected chi connectivity index (χ0v) is 28.4. The third-order valence-electron chi connectivity index (χ3n) is 7.82. The molecule has 0 saturated heterocycles. The molecule has 11 heteroatoms. The van der Waals surface area contributed by atoms with Gasteiger partial charge in [0, 0.05) is 28.2 Å². The second-order valence-electron chi connectivity index (χ2n) is 12.4. The Labute approximate surface area is 288 Å². The predicted molar refractivity (Wildman–Crippen MR) is 191 cm³/mol. The van der Waals surface area contributed by atoms with Gasteiger partial charge in [0.1, 0.15) is 24.5 Å². The fourth-order valence-corrected chi connectivity index (χ4v) is 6.32. The maximum absolute atomic E-state index is 13.7. The van der Waals surface area contributed by atoms with Crippen molar-refractivity contribution in [1.82, 2.24) is 4.98 Å². The van der Waals surface area contributed by atoms with Crippen LogP contribution in [0.5, 0.6) is 5.75 Å². The van der Waals surface area contributed by atoms with Gasteiger partial charge in [-0.05, 0) is 79.4 Å². The summed E-state index contributed by atoms with van der Waals surface area (Å²) in [5.41, 5.74) is 6.32. The molecule has 2 N–H and O–H groups in total. The summed E-state index contributed by atoms with van der Waals surface area (Å²) in [6.07, 6.45) is -1.22. The van der Waals surface area contributed by atoms with Crippen LogP contribution in [0.15, 0.2) is 102 Å². The average molecular weight is 677 g/mol. The van der Waals surface area contributed by atoms with Crippen LogP contribution in [0.4, 0.5) is 26.1 Å². The summed E-state index contributed by atoms with van der Waals surface area (Å²) in [4.78, 5) is 44.9. The molecule has 0 spiro atoms. The Balaban J connectivity index is 1.12. The van der Waals surface area contributed by atoms with Crippen molar-refractivity contribution in [2.24, 2.45) is 0 Å². The summed E-state index contributed by atoms with van der Waals surface area (Å²) >= 11 is 1.28. The Kier molecular flexibility index (Phi) is 9.63. The highest BCUT2D eigenvalue weighted by Crippen LogP contribution is 2.44. The Bertz CT molecular complexity index is 1920. The number of aromatic nitrogens is 1. The quantitative estimate of drug-likeness (QED) is 0.161. The fraction of sp³-hybridized carbons (Fsp3) is 0.211. The van der Waals surface area contributed by atoms with Crippen LogP contribution in [-0.2, 0) is 14.3 Å². The minimum Gasteiger partial charge on any atom is -0.497 e. The van der Waals surface area contributed by atoms with Crippen LogP contribution in [0.2, 0.25) is 0 Å². The summed E-state index contributed by atoms with van der Waals surface area (Å²) in [5, 5.41) is 7.75. The standard InChI is InChI=1S/C38H36N4O6S/c1-38(2,3)48-36(44)41-35-40-33(23-49-35)24-13-15-25(16-14-24)39-34(43)21-42(26-17-19-27(46-4)20-18-26)37(45)47-22-32-30-11-7-5-9-28(30)29-10-6-8-12-31(29)32/h5-20,23,32H,21-22H2,1-4H3,(H,39,43)(H,40,41,44). The normalized spacial score (nSPS) is 12.0. The van der Waals surface area contributed by atoms with E-state index in [0.717, 1.165) is 27.8 Å². The molecular formula is C38H36N4O6S. The number of nitrogens with zero attached hydrogens (tertiary/aromatic N) is 2. The van der Waals surface area contributed by atoms with Gasteiger partial charge in [0.05, 0.1) is 12.8 Å². The van der Waals surface area contributed by atoms with E-state index in [1.807, 2.05) is 41.8 Å². The number of carbonyl (C=O) groups is 3. The lowest BCUT2D eigenvalue weighted by molar-refractivity contribution is -0.115. The van der Waals surface area contributed by atoms with E-state index in [2.05, 4.69) is 39.9 Å². The van der Waals surface area contributed by atoms with E-state index in [0.29, 0.717) is 27.9 Å². The number of methoxy groups -OCH3 is 1. The molecule has 6 rings (SSSR count). The number of amides is 3. The molecule has 0 fully saturated rings. The van der Waals surface area contributed by atoms with Crippen molar-refractivity contribution in [3.63, 3.8) is 0 Å². The van der Waals surface area contributed by atoms with Crippen LogP contribution in [0.3, 0.4) is 0 Å². The van der Waals surface area contributed by atoms with Crippen molar-refractivity contribution in [1.29, 1.82) is 0 Å². The van der Waals surface area contributed by atoms with Crippen molar-refractivity contribution in [2.45, 2.75) is 32.3 Å². The lowest BCUT2D eigenvalue weighted by atomic mass is 9.98. The van der Waals surface area contributed by atoms with E-state index < -0.39 is 23.7 Å². The first-order chi connectivity index (χ1) is 23.6. The van der Waals surface area contributed by atoms with Gasteiger partial charge in [0.2, 0.25) is 5.91 Å². The van der Waals surface area contributed by atoms with Crippen LogP contribution in [0.1, 0.15) is 37.8 Å². The van der Waals surface area contributed by atoms with Crippen LogP contribution in [0.25, 0.3) is 22.4 Å². The maximum atomic E-state index is 13.7. The molecule has 1 aliphatic carbocycles. The molecule has 49 heavy (non-hydrogen) atoms. The zero-order valence-electron chi connectivity index (χ0n) is 27.6. The number of thiazole rings is 1. The Morgan fingerprint density at radius 3 is 2.08 bits per heavy atom. The number of rotatable bonds is 9. The first-order valence-corrected chi connectivity index (χ1v) is 16.6. The average Bonchev–Trinajstić information content (AvgIpc) is 3.68. The Hall–Kier alpha value is -5.68. The molecule has 1 aliphatic rings. The summed E-state index contributed by atoms with van der Waals surface area (Å²) < 4.78 is 16.5. The van der Waals surface area contributed by atoms with Crippen molar-refractivity contribution in [2.75, 3.05) is 35.8 Å². The lowest BCUT2D eigenvalue weighted by Crippen LogP contribution is -2.39. The van der Waals surface area contributed by atoms with Gasteiger partial charge < -0.3 is 19.5 Å². The second kappa shape index (κ2) is 14.2. The molecular weight excluding hydrogens is 641 g/mol. The fourth-order valence-electron chi connectivity index (χ4n) is 5.62. The van der Waals surface area contributed by atoms with Crippen LogP contribution in [-0.4, -0.2) is 48.9 Å². The van der Waals surface area contributed by atoms with Gasteiger partial charge in [0.15, 0.2) is 5.13 Å². The number of hydrogen-bond donors (Lipinski definition) is 2. The first-order valence-electron chi connectivity index (χ1n) is 15.7. The summed E-state index contributed by atoms with van der Waals surface area (Å²) in [5.74, 6) is 0.0894. The van der Waals surface area contributed by atoms with Gasteiger partial charge in [0.25, 0.3) is 0 Å². The minimum atomic E-state index is -0.642.